The molecule has 0 aromatic rings. The van der Waals surface area contributed by atoms with Gasteiger partial charge in [0.15, 0.2) is 0 Å². The van der Waals surface area contributed by atoms with Gasteiger partial charge in [0.2, 0.25) is 0 Å². The van der Waals surface area contributed by atoms with Gasteiger partial charge in [0.25, 0.3) is 0 Å². The third-order valence-electron chi connectivity index (χ3n) is 3.23. The molecule has 0 bridgehead atoms. The first-order chi connectivity index (χ1) is 6.22. The predicted molar refractivity (Wildman–Crippen MR) is 48.7 cm³/mol. The fraction of sp³-hybridized carbons (Fsp3) is 0.778. The van der Waals surface area contributed by atoms with E-state index in [0.717, 1.165) is 0 Å². The summed E-state index contributed by atoms with van der Waals surface area (Å²) in [5, 5.41) is 17.9. The van der Waals surface area contributed by atoms with Crippen molar-refractivity contribution in [1.82, 2.24) is 0 Å². The molecule has 0 saturated heterocycles. The van der Waals surface area contributed by atoms with Gasteiger partial charge >= 0.3 is 11.9 Å². The van der Waals surface area contributed by atoms with Gasteiger partial charge in [-0.05, 0) is 25.7 Å². The largest absolute Gasteiger partial charge is 0.481 e. The first-order valence-electron chi connectivity index (χ1n) is 4.48. The summed E-state index contributed by atoms with van der Waals surface area (Å²) in [4.78, 5) is 21.9. The van der Waals surface area contributed by atoms with E-state index in [9.17, 15) is 9.59 Å². The molecule has 1 fully saturated rings. The number of carbonyl (C=O) groups is 2. The van der Waals surface area contributed by atoms with E-state index < -0.39 is 22.9 Å². The summed E-state index contributed by atoms with van der Waals surface area (Å²) >= 11 is 0. The zero-order chi connectivity index (χ0) is 11.1. The monoisotopic (exact) mass is 201 g/mol. The van der Waals surface area contributed by atoms with Gasteiger partial charge in [-0.25, -0.2) is 0 Å². The molecule has 0 heterocycles. The number of hydrogen-bond acceptors (Lipinski definition) is 3. The van der Waals surface area contributed by atoms with E-state index in [1.54, 1.807) is 13.8 Å². The van der Waals surface area contributed by atoms with Crippen LogP contribution in [-0.4, -0.2) is 27.7 Å². The highest BCUT2D eigenvalue weighted by atomic mass is 16.4. The highest BCUT2D eigenvalue weighted by Crippen LogP contribution is 2.46. The lowest BCUT2D eigenvalue weighted by Crippen LogP contribution is -2.50. The molecule has 1 aliphatic carbocycles. The van der Waals surface area contributed by atoms with Crippen LogP contribution in [0.2, 0.25) is 0 Å². The van der Waals surface area contributed by atoms with Crippen LogP contribution in [0.3, 0.4) is 0 Å². The van der Waals surface area contributed by atoms with Crippen molar-refractivity contribution in [3.8, 4) is 0 Å². The van der Waals surface area contributed by atoms with Crippen molar-refractivity contribution in [1.29, 1.82) is 0 Å². The Morgan fingerprint density at radius 2 is 1.86 bits per heavy atom. The Kier molecular flexibility index (Phi) is 2.31. The van der Waals surface area contributed by atoms with Crippen LogP contribution in [0.1, 0.15) is 26.7 Å². The highest BCUT2D eigenvalue weighted by molar-refractivity contribution is 5.83. The molecule has 0 unspecified atom stereocenters. The molecule has 14 heavy (non-hydrogen) atoms. The van der Waals surface area contributed by atoms with Crippen molar-refractivity contribution < 1.29 is 19.8 Å². The average molecular weight is 201 g/mol. The van der Waals surface area contributed by atoms with Gasteiger partial charge in [0, 0.05) is 0 Å². The summed E-state index contributed by atoms with van der Waals surface area (Å²) in [5.41, 5.74) is 3.29. The first kappa shape index (κ1) is 11.0. The van der Waals surface area contributed by atoms with Crippen molar-refractivity contribution in [2.24, 2.45) is 17.1 Å². The van der Waals surface area contributed by atoms with Gasteiger partial charge in [-0.1, -0.05) is 6.92 Å². The summed E-state index contributed by atoms with van der Waals surface area (Å²) in [6.45, 7) is 3.23. The van der Waals surface area contributed by atoms with Gasteiger partial charge in [0.1, 0.15) is 5.54 Å². The fourth-order valence-corrected chi connectivity index (χ4v) is 2.20. The zero-order valence-electron chi connectivity index (χ0n) is 8.28. The van der Waals surface area contributed by atoms with Gasteiger partial charge < -0.3 is 15.9 Å². The second kappa shape index (κ2) is 2.95. The van der Waals surface area contributed by atoms with Crippen molar-refractivity contribution >= 4 is 11.9 Å². The van der Waals surface area contributed by atoms with Crippen LogP contribution >= 0.6 is 0 Å². The number of carboxylic acid groups (broad SMARTS) is 2. The molecule has 4 N–H and O–H groups in total. The minimum atomic E-state index is -1.40. The number of nitrogens with two attached hydrogens (primary N) is 1. The number of aliphatic carboxylic acids is 2. The molecule has 3 atom stereocenters. The molecule has 0 radical (unpaired) electrons. The van der Waals surface area contributed by atoms with Crippen LogP contribution < -0.4 is 5.73 Å². The molecular formula is C9H15NO4. The van der Waals surface area contributed by atoms with E-state index in [2.05, 4.69) is 0 Å². The molecule has 5 nitrogen and oxygen atoms in total. The minimum Gasteiger partial charge on any atom is -0.481 e. The van der Waals surface area contributed by atoms with Gasteiger partial charge in [0.05, 0.1) is 5.41 Å². The second-order valence-corrected chi connectivity index (χ2v) is 4.49. The summed E-state index contributed by atoms with van der Waals surface area (Å²) in [6.07, 6.45) is 0.303. The van der Waals surface area contributed by atoms with Crippen molar-refractivity contribution in [2.45, 2.75) is 32.2 Å². The quantitative estimate of drug-likeness (QED) is 0.596. The second-order valence-electron chi connectivity index (χ2n) is 4.49. The molecule has 0 amide bonds. The molecule has 1 aliphatic rings. The summed E-state index contributed by atoms with van der Waals surface area (Å²) in [5.74, 6) is -2.41. The van der Waals surface area contributed by atoms with Crippen molar-refractivity contribution in [3.63, 3.8) is 0 Å². The molecular weight excluding hydrogens is 186 g/mol. The Morgan fingerprint density at radius 1 is 1.36 bits per heavy atom. The lowest BCUT2D eigenvalue weighted by molar-refractivity contribution is -0.148. The van der Waals surface area contributed by atoms with Crippen LogP contribution in [0.5, 0.6) is 0 Å². The first-order valence-corrected chi connectivity index (χ1v) is 4.48. The number of hydrogen-bond donors (Lipinski definition) is 3. The van der Waals surface area contributed by atoms with Gasteiger partial charge in [-0.2, -0.15) is 0 Å². The van der Waals surface area contributed by atoms with E-state index in [0.29, 0.717) is 6.42 Å². The highest BCUT2D eigenvalue weighted by Gasteiger charge is 2.56. The maximum atomic E-state index is 10.9. The van der Waals surface area contributed by atoms with E-state index >= 15 is 0 Å². The van der Waals surface area contributed by atoms with Crippen molar-refractivity contribution in [3.05, 3.63) is 0 Å². The lowest BCUT2D eigenvalue weighted by Gasteiger charge is -2.24. The lowest BCUT2D eigenvalue weighted by atomic mass is 9.86. The van der Waals surface area contributed by atoms with E-state index in [1.165, 1.54) is 0 Å². The predicted octanol–water partition coefficient (Wildman–Crippen LogP) is 0.289. The standard InChI is InChI=1S/C9H15NO4/c1-5-3-8(2,6(11)12)4-9(5,10)7(13)14/h5H,3-4,10H2,1-2H3,(H,11,12)(H,13,14)/t5-,8+,9+/m1/s1. The Bertz CT molecular complexity index is 291. The fourth-order valence-electron chi connectivity index (χ4n) is 2.20. The van der Waals surface area contributed by atoms with Gasteiger partial charge in [-0.3, -0.25) is 9.59 Å². The Balaban J connectivity index is 2.99. The normalized spacial score (nSPS) is 42.4. The summed E-state index contributed by atoms with van der Waals surface area (Å²) in [6, 6.07) is 0. The van der Waals surface area contributed by atoms with E-state index in [-0.39, 0.29) is 12.3 Å². The molecule has 0 spiro atoms. The van der Waals surface area contributed by atoms with Crippen LogP contribution in [0.15, 0.2) is 0 Å². The van der Waals surface area contributed by atoms with Crippen LogP contribution in [-0.2, 0) is 9.59 Å². The molecule has 0 aromatic heterocycles. The van der Waals surface area contributed by atoms with Crippen molar-refractivity contribution in [2.75, 3.05) is 0 Å². The SMILES string of the molecule is C[C@@H]1C[C@](C)(C(=O)O)C[C@@]1(N)C(=O)O. The maximum absolute atomic E-state index is 10.9. The van der Waals surface area contributed by atoms with Crippen LogP contribution in [0, 0.1) is 11.3 Å². The average Bonchev–Trinajstić information content (AvgIpc) is 2.25. The smallest absolute Gasteiger partial charge is 0.323 e. The molecule has 80 valence electrons. The topological polar surface area (TPSA) is 101 Å². The Morgan fingerprint density at radius 3 is 2.07 bits per heavy atom. The van der Waals surface area contributed by atoms with Crippen LogP contribution in [0.25, 0.3) is 0 Å². The zero-order valence-corrected chi connectivity index (χ0v) is 8.28. The Hall–Kier alpha value is -1.10. The van der Waals surface area contributed by atoms with Gasteiger partial charge in [-0.15, -0.1) is 0 Å². The Labute approximate surface area is 81.9 Å². The third-order valence-corrected chi connectivity index (χ3v) is 3.23. The molecule has 1 saturated carbocycles. The van der Waals surface area contributed by atoms with E-state index in [4.69, 9.17) is 15.9 Å². The van der Waals surface area contributed by atoms with E-state index in [1.807, 2.05) is 0 Å². The molecule has 0 aromatic carbocycles. The van der Waals surface area contributed by atoms with Crippen LogP contribution in [0.4, 0.5) is 0 Å². The molecule has 0 aliphatic heterocycles. The number of carboxylic acids is 2. The molecule has 1 rings (SSSR count). The summed E-state index contributed by atoms with van der Waals surface area (Å²) < 4.78 is 0. The summed E-state index contributed by atoms with van der Waals surface area (Å²) in [7, 11) is 0. The number of rotatable bonds is 2. The minimum absolute atomic E-state index is 0.00810. The molecule has 5 heteroatoms. The third kappa shape index (κ3) is 1.37. The maximum Gasteiger partial charge on any atom is 0.323 e.